The highest BCUT2D eigenvalue weighted by Crippen LogP contribution is 2.33. The van der Waals surface area contributed by atoms with Crippen LogP contribution in [0.15, 0.2) is 35.3 Å². The Morgan fingerprint density at radius 2 is 2.00 bits per heavy atom. The van der Waals surface area contributed by atoms with Crippen molar-refractivity contribution in [2.24, 2.45) is 0 Å². The van der Waals surface area contributed by atoms with Gasteiger partial charge in [-0.1, -0.05) is 12.1 Å². The lowest BCUT2D eigenvalue weighted by molar-refractivity contribution is -0.116. The molecule has 140 valence electrons. The molecule has 0 spiro atoms. The van der Waals surface area contributed by atoms with Gasteiger partial charge in [0, 0.05) is 16.7 Å². The summed E-state index contributed by atoms with van der Waals surface area (Å²) >= 11 is 1.34. The van der Waals surface area contributed by atoms with Crippen LogP contribution in [0.5, 0.6) is 0 Å². The second kappa shape index (κ2) is 7.71. The molecule has 2 heterocycles. The molecule has 7 nitrogen and oxygen atoms in total. The van der Waals surface area contributed by atoms with E-state index in [1.807, 2.05) is 19.9 Å². The number of carbonyl (C=O) groups excluding carboxylic acids is 2. The zero-order valence-corrected chi connectivity index (χ0v) is 16.1. The molecular weight excluding hydrogens is 366 g/mol. The fourth-order valence-electron chi connectivity index (χ4n) is 2.80. The zero-order chi connectivity index (χ0) is 19.6. The predicted octanol–water partition coefficient (Wildman–Crippen LogP) is 2.89. The van der Waals surface area contributed by atoms with Crippen LogP contribution < -0.4 is 10.7 Å². The van der Waals surface area contributed by atoms with Gasteiger partial charge in [-0.2, -0.15) is 5.10 Å². The SMILES string of the molecule is COC(=O)c1c(NC(=O)CCn2ncc(=O)c3ccccc32)sc(C)c1C. The lowest BCUT2D eigenvalue weighted by Gasteiger charge is -2.09. The number of hydrogen-bond donors (Lipinski definition) is 1. The standard InChI is InChI=1S/C19H19N3O4S/c1-11-12(2)27-18(17(11)19(25)26-3)21-16(24)8-9-22-14-7-5-4-6-13(14)15(23)10-20-22/h4-7,10H,8-9H2,1-3H3,(H,21,24). The van der Waals surface area contributed by atoms with E-state index < -0.39 is 5.97 Å². The van der Waals surface area contributed by atoms with Gasteiger partial charge in [-0.05, 0) is 31.5 Å². The molecule has 0 aliphatic rings. The summed E-state index contributed by atoms with van der Waals surface area (Å²) in [7, 11) is 1.31. The van der Waals surface area contributed by atoms with Gasteiger partial charge in [0.25, 0.3) is 0 Å². The number of benzene rings is 1. The normalized spacial score (nSPS) is 10.8. The molecule has 0 radical (unpaired) electrons. The average Bonchev–Trinajstić information content (AvgIpc) is 2.94. The Balaban J connectivity index is 1.77. The van der Waals surface area contributed by atoms with E-state index in [0.717, 1.165) is 10.4 Å². The van der Waals surface area contributed by atoms with Crippen LogP contribution in [-0.2, 0) is 16.1 Å². The third kappa shape index (κ3) is 3.75. The topological polar surface area (TPSA) is 90.3 Å². The molecule has 0 atom stereocenters. The molecule has 8 heteroatoms. The number of hydrogen-bond acceptors (Lipinski definition) is 6. The number of fused-ring (bicyclic) bond motifs is 1. The van der Waals surface area contributed by atoms with E-state index in [4.69, 9.17) is 4.74 Å². The first-order valence-electron chi connectivity index (χ1n) is 8.35. The molecule has 0 aliphatic carbocycles. The maximum absolute atomic E-state index is 12.4. The Hall–Kier alpha value is -3.00. The van der Waals surface area contributed by atoms with E-state index in [1.54, 1.807) is 22.9 Å². The van der Waals surface area contributed by atoms with Crippen LogP contribution >= 0.6 is 11.3 Å². The summed E-state index contributed by atoms with van der Waals surface area (Å²) < 4.78 is 6.44. The molecule has 3 rings (SSSR count). The number of esters is 1. The molecule has 1 amide bonds. The third-order valence-electron chi connectivity index (χ3n) is 4.34. The van der Waals surface area contributed by atoms with Gasteiger partial charge >= 0.3 is 5.97 Å². The van der Waals surface area contributed by atoms with Crippen molar-refractivity contribution in [3.63, 3.8) is 0 Å². The summed E-state index contributed by atoms with van der Waals surface area (Å²) in [5.41, 5.74) is 1.71. The van der Waals surface area contributed by atoms with Gasteiger partial charge in [-0.3, -0.25) is 14.3 Å². The van der Waals surface area contributed by atoms with E-state index in [0.29, 0.717) is 28.0 Å². The maximum atomic E-state index is 12.4. The Kier molecular flexibility index (Phi) is 5.36. The van der Waals surface area contributed by atoms with Crippen molar-refractivity contribution < 1.29 is 14.3 Å². The number of rotatable bonds is 5. The summed E-state index contributed by atoms with van der Waals surface area (Å²) in [5, 5.41) is 7.95. The molecule has 0 saturated heterocycles. The number of carbonyl (C=O) groups is 2. The number of nitrogens with one attached hydrogen (secondary N) is 1. The molecule has 0 aliphatic heterocycles. The van der Waals surface area contributed by atoms with Gasteiger partial charge in [0.15, 0.2) is 0 Å². The summed E-state index contributed by atoms with van der Waals surface area (Å²) in [6.45, 7) is 4.02. The van der Waals surface area contributed by atoms with Crippen LogP contribution in [0.25, 0.3) is 10.9 Å². The van der Waals surface area contributed by atoms with Crippen molar-refractivity contribution >= 4 is 39.1 Å². The van der Waals surface area contributed by atoms with Crippen molar-refractivity contribution in [1.82, 2.24) is 9.78 Å². The minimum absolute atomic E-state index is 0.149. The highest BCUT2D eigenvalue weighted by Gasteiger charge is 2.21. The average molecular weight is 385 g/mol. The Morgan fingerprint density at radius 3 is 2.74 bits per heavy atom. The van der Waals surface area contributed by atoms with Crippen molar-refractivity contribution in [2.45, 2.75) is 26.8 Å². The quantitative estimate of drug-likeness (QED) is 0.682. The largest absolute Gasteiger partial charge is 0.465 e. The molecular formula is C19H19N3O4S. The van der Waals surface area contributed by atoms with E-state index in [9.17, 15) is 14.4 Å². The van der Waals surface area contributed by atoms with Crippen LogP contribution in [-0.4, -0.2) is 28.8 Å². The van der Waals surface area contributed by atoms with Crippen LogP contribution in [0.1, 0.15) is 27.2 Å². The molecule has 0 unspecified atom stereocenters. The molecule has 3 aromatic rings. The second-order valence-electron chi connectivity index (χ2n) is 6.03. The van der Waals surface area contributed by atoms with Crippen LogP contribution in [0.3, 0.4) is 0 Å². The predicted molar refractivity (Wildman–Crippen MR) is 104 cm³/mol. The van der Waals surface area contributed by atoms with E-state index in [-0.39, 0.29) is 17.8 Å². The minimum Gasteiger partial charge on any atom is -0.465 e. The monoisotopic (exact) mass is 385 g/mol. The van der Waals surface area contributed by atoms with E-state index in [2.05, 4.69) is 10.4 Å². The van der Waals surface area contributed by atoms with Crippen molar-refractivity contribution in [1.29, 1.82) is 0 Å². The molecule has 0 fully saturated rings. The van der Waals surface area contributed by atoms with Crippen LogP contribution in [0.4, 0.5) is 5.00 Å². The van der Waals surface area contributed by atoms with Gasteiger partial charge in [-0.15, -0.1) is 11.3 Å². The number of anilines is 1. The maximum Gasteiger partial charge on any atom is 0.341 e. The molecule has 0 bridgehead atoms. The summed E-state index contributed by atoms with van der Waals surface area (Å²) in [6, 6.07) is 7.13. The number of ether oxygens (including phenoxy) is 1. The van der Waals surface area contributed by atoms with E-state index >= 15 is 0 Å². The molecule has 0 saturated carbocycles. The van der Waals surface area contributed by atoms with Gasteiger partial charge in [0.2, 0.25) is 11.3 Å². The van der Waals surface area contributed by atoms with E-state index in [1.165, 1.54) is 24.6 Å². The van der Waals surface area contributed by atoms with Gasteiger partial charge in [0.05, 0.1) is 30.9 Å². The molecule has 2 aromatic heterocycles. The highest BCUT2D eigenvalue weighted by atomic mass is 32.1. The van der Waals surface area contributed by atoms with Crippen LogP contribution in [0, 0.1) is 13.8 Å². The molecule has 1 N–H and O–H groups in total. The first-order valence-corrected chi connectivity index (χ1v) is 9.17. The number of methoxy groups -OCH3 is 1. The summed E-state index contributed by atoms with van der Waals surface area (Å²) in [4.78, 5) is 37.2. The van der Waals surface area contributed by atoms with Gasteiger partial charge in [-0.25, -0.2) is 4.79 Å². The van der Waals surface area contributed by atoms with Crippen molar-refractivity contribution in [2.75, 3.05) is 12.4 Å². The van der Waals surface area contributed by atoms with Crippen molar-refractivity contribution in [3.8, 4) is 0 Å². The summed E-state index contributed by atoms with van der Waals surface area (Å²) in [6.07, 6.45) is 1.40. The Morgan fingerprint density at radius 1 is 1.26 bits per heavy atom. The Bertz CT molecular complexity index is 1080. The molecule has 1 aromatic carbocycles. The second-order valence-corrected chi connectivity index (χ2v) is 7.25. The van der Waals surface area contributed by atoms with Gasteiger partial charge < -0.3 is 10.1 Å². The lowest BCUT2D eigenvalue weighted by Crippen LogP contribution is -2.18. The number of para-hydroxylation sites is 1. The number of aromatic nitrogens is 2. The fraction of sp³-hybridized carbons (Fsp3) is 0.263. The number of thiophene rings is 1. The Labute approximate surface area is 159 Å². The number of nitrogens with zero attached hydrogens (tertiary/aromatic N) is 2. The van der Waals surface area contributed by atoms with Gasteiger partial charge in [0.1, 0.15) is 5.00 Å². The lowest BCUT2D eigenvalue weighted by atomic mass is 10.1. The fourth-order valence-corrected chi connectivity index (χ4v) is 3.86. The van der Waals surface area contributed by atoms with Crippen molar-refractivity contribution in [3.05, 3.63) is 56.7 Å². The third-order valence-corrected chi connectivity index (χ3v) is 5.46. The first kappa shape index (κ1) is 18.8. The minimum atomic E-state index is -0.472. The smallest absolute Gasteiger partial charge is 0.341 e. The number of amides is 1. The van der Waals surface area contributed by atoms with Crippen LogP contribution in [0.2, 0.25) is 0 Å². The molecule has 27 heavy (non-hydrogen) atoms. The first-order chi connectivity index (χ1) is 12.9. The zero-order valence-electron chi connectivity index (χ0n) is 15.2. The number of aryl methyl sites for hydroxylation is 2. The highest BCUT2D eigenvalue weighted by molar-refractivity contribution is 7.16. The summed E-state index contributed by atoms with van der Waals surface area (Å²) in [5.74, 6) is -0.716.